The van der Waals surface area contributed by atoms with E-state index < -0.39 is 25.2 Å². The van der Waals surface area contributed by atoms with Crippen molar-refractivity contribution in [1.29, 1.82) is 0 Å². The lowest BCUT2D eigenvalue weighted by Crippen LogP contribution is -2.22. The van der Waals surface area contributed by atoms with Crippen molar-refractivity contribution < 1.29 is 42.6 Å². The summed E-state index contributed by atoms with van der Waals surface area (Å²) in [6.07, 6.45) is 45.8. The summed E-state index contributed by atoms with van der Waals surface area (Å²) < 4.78 is 59.7. The van der Waals surface area contributed by atoms with Gasteiger partial charge in [0, 0.05) is 77.0 Å². The largest absolute Gasteiger partial charge is 0.473 e. The Balaban J connectivity index is 1.08. The van der Waals surface area contributed by atoms with Gasteiger partial charge in [0.1, 0.15) is 0 Å². The summed E-state index contributed by atoms with van der Waals surface area (Å²) in [6.45, 7) is 0. The third-order valence-electron chi connectivity index (χ3n) is 12.4. The van der Waals surface area contributed by atoms with Crippen molar-refractivity contribution >= 4 is 0 Å². The molecule has 332 valence electrons. The van der Waals surface area contributed by atoms with Gasteiger partial charge >= 0.3 is 0 Å². The Bertz CT molecular complexity index is 1430. The molecule has 9 nitrogen and oxygen atoms in total. The Kier molecular flexibility index (Phi) is 16.4. The highest BCUT2D eigenvalue weighted by atomic mass is 16.7. The van der Waals surface area contributed by atoms with Gasteiger partial charge in [0.2, 0.25) is 25.2 Å². The van der Waals surface area contributed by atoms with Crippen LogP contribution in [0.2, 0.25) is 0 Å². The van der Waals surface area contributed by atoms with Crippen LogP contribution in [0, 0.1) is 0 Å². The van der Waals surface area contributed by atoms with Crippen molar-refractivity contribution in [2.24, 2.45) is 0 Å². The molecule has 8 rings (SSSR count). The number of hydrogen-bond donors (Lipinski definition) is 0. The molecule has 0 N–H and O–H groups in total. The van der Waals surface area contributed by atoms with Crippen molar-refractivity contribution in [2.75, 3.05) is 0 Å². The topological polar surface area (TPSA) is 83.1 Å². The standard InChI is InChI=1S/C52H70O9/c1-2-18-41(17-1)54-49(55-42-19-3-4-20-42)33-39(34-50(56-43-21-5-6-22-43)57-44-23-7-8-24-44)37-53-38-40(35-51(58-45-25-9-10-26-45)59-46-27-11-12-28-46)36-52(60-47-29-13-14-30-47)61-48-31-15-16-32-48/h17,19,21,23,25,27,29,31,37-38,49-52H,1-16,18,20,22,24,26,28,30,32-36H2. The molecule has 61 heavy (non-hydrogen) atoms. The summed E-state index contributed by atoms with van der Waals surface area (Å²) in [7, 11) is 0. The van der Waals surface area contributed by atoms with Gasteiger partial charge in [-0.3, -0.25) is 0 Å². The fourth-order valence-corrected chi connectivity index (χ4v) is 9.21. The highest BCUT2D eigenvalue weighted by Crippen LogP contribution is 2.35. The first kappa shape index (κ1) is 43.3. The zero-order valence-corrected chi connectivity index (χ0v) is 36.6. The molecule has 0 saturated carbocycles. The van der Waals surface area contributed by atoms with Gasteiger partial charge in [0.15, 0.2) is 0 Å². The maximum absolute atomic E-state index is 6.64. The molecule has 0 atom stereocenters. The van der Waals surface area contributed by atoms with Gasteiger partial charge < -0.3 is 42.6 Å². The lowest BCUT2D eigenvalue weighted by molar-refractivity contribution is -0.0999. The number of allylic oxidation sites excluding steroid dienone is 16. The van der Waals surface area contributed by atoms with Gasteiger partial charge in [0.25, 0.3) is 0 Å². The summed E-state index contributed by atoms with van der Waals surface area (Å²) >= 11 is 0. The maximum Gasteiger partial charge on any atom is 0.243 e. The third-order valence-corrected chi connectivity index (χ3v) is 12.4. The van der Waals surface area contributed by atoms with Crippen LogP contribution in [-0.4, -0.2) is 25.2 Å². The van der Waals surface area contributed by atoms with Crippen LogP contribution in [0.1, 0.15) is 180 Å². The van der Waals surface area contributed by atoms with E-state index in [0.29, 0.717) is 25.7 Å². The van der Waals surface area contributed by atoms with Crippen LogP contribution in [0.25, 0.3) is 0 Å². The molecule has 0 aromatic carbocycles. The Morgan fingerprint density at radius 1 is 0.311 bits per heavy atom. The van der Waals surface area contributed by atoms with E-state index in [1.54, 1.807) is 0 Å². The first-order valence-electron chi connectivity index (χ1n) is 24.0. The molecule has 0 spiro atoms. The number of rotatable bonds is 26. The molecule has 0 saturated heterocycles. The van der Waals surface area contributed by atoms with Gasteiger partial charge in [0.05, 0.1) is 58.6 Å². The average molecular weight is 839 g/mol. The molecule has 0 unspecified atom stereocenters. The van der Waals surface area contributed by atoms with E-state index in [1.807, 2.05) is 12.5 Å². The smallest absolute Gasteiger partial charge is 0.243 e. The van der Waals surface area contributed by atoms with E-state index in [0.717, 1.165) is 211 Å². The predicted octanol–water partition coefficient (Wildman–Crippen LogP) is 14.3. The second-order valence-corrected chi connectivity index (χ2v) is 17.7. The second kappa shape index (κ2) is 23.2. The quantitative estimate of drug-likeness (QED) is 0.0624. The molecule has 0 heterocycles. The predicted molar refractivity (Wildman–Crippen MR) is 235 cm³/mol. The van der Waals surface area contributed by atoms with Crippen LogP contribution in [-0.2, 0) is 42.6 Å². The third kappa shape index (κ3) is 14.3. The lowest BCUT2D eigenvalue weighted by Gasteiger charge is -2.27. The number of ether oxygens (including phenoxy) is 9. The minimum atomic E-state index is -0.500. The maximum atomic E-state index is 6.64. The molecular formula is C52H70O9. The van der Waals surface area contributed by atoms with Gasteiger partial charge in [-0.15, -0.1) is 0 Å². The highest BCUT2D eigenvalue weighted by molar-refractivity contribution is 5.12. The Morgan fingerprint density at radius 2 is 0.492 bits per heavy atom. The van der Waals surface area contributed by atoms with Gasteiger partial charge in [-0.2, -0.15) is 0 Å². The molecule has 0 fully saturated rings. The van der Waals surface area contributed by atoms with Gasteiger partial charge in [-0.05, 0) is 162 Å². The van der Waals surface area contributed by atoms with E-state index in [4.69, 9.17) is 42.6 Å². The fraction of sp³-hybridized carbons (Fsp3) is 0.615. The SMILES string of the molecule is C(OC=C(CC(OC1=CCCC1)OC1=CCCC1)CC(OC1=CCCC1)OC1=CCCC1)=C(CC(OC1=CCCC1)OC1=CCCC1)CC(OC1=CCCC1)OC1=CCCC1. The van der Waals surface area contributed by atoms with Crippen molar-refractivity contribution in [2.45, 2.75) is 205 Å². The van der Waals surface area contributed by atoms with Crippen LogP contribution in [0.15, 0.2) is 118 Å². The van der Waals surface area contributed by atoms with Crippen LogP contribution < -0.4 is 0 Å². The molecule has 9 heteroatoms. The van der Waals surface area contributed by atoms with Crippen LogP contribution in [0.3, 0.4) is 0 Å². The van der Waals surface area contributed by atoms with Crippen LogP contribution >= 0.6 is 0 Å². The van der Waals surface area contributed by atoms with Crippen molar-refractivity contribution in [3.05, 3.63) is 118 Å². The van der Waals surface area contributed by atoms with Crippen LogP contribution in [0.5, 0.6) is 0 Å². The molecule has 0 aliphatic heterocycles. The van der Waals surface area contributed by atoms with E-state index >= 15 is 0 Å². The molecule has 0 amide bonds. The second-order valence-electron chi connectivity index (χ2n) is 17.7. The molecule has 0 bridgehead atoms. The van der Waals surface area contributed by atoms with E-state index in [2.05, 4.69) is 48.6 Å². The van der Waals surface area contributed by atoms with Gasteiger partial charge in [-0.25, -0.2) is 0 Å². The molecule has 8 aliphatic rings. The minimum Gasteiger partial charge on any atom is -0.473 e. The summed E-state index contributed by atoms with van der Waals surface area (Å²) in [4.78, 5) is 0. The average Bonchev–Trinajstić information content (AvgIpc) is 4.09. The summed E-state index contributed by atoms with van der Waals surface area (Å²) in [5.41, 5.74) is 1.96. The minimum absolute atomic E-state index is 0.494. The van der Waals surface area contributed by atoms with Crippen molar-refractivity contribution in [3.63, 3.8) is 0 Å². The first-order chi connectivity index (χ1) is 30.1. The molecule has 0 radical (unpaired) electrons. The van der Waals surface area contributed by atoms with Crippen molar-refractivity contribution in [3.8, 4) is 0 Å². The molecule has 0 aromatic rings. The molecule has 8 aliphatic carbocycles. The summed E-state index contributed by atoms with van der Waals surface area (Å²) in [5, 5.41) is 0. The van der Waals surface area contributed by atoms with E-state index in [1.165, 1.54) is 0 Å². The summed E-state index contributed by atoms with van der Waals surface area (Å²) in [6, 6.07) is 0. The van der Waals surface area contributed by atoms with Crippen LogP contribution in [0.4, 0.5) is 0 Å². The van der Waals surface area contributed by atoms with Gasteiger partial charge in [-0.1, -0.05) is 0 Å². The first-order valence-corrected chi connectivity index (χ1v) is 24.0. The van der Waals surface area contributed by atoms with E-state index in [-0.39, 0.29) is 0 Å². The van der Waals surface area contributed by atoms with E-state index in [9.17, 15) is 0 Å². The Morgan fingerprint density at radius 3 is 0.639 bits per heavy atom. The number of hydrogen-bond acceptors (Lipinski definition) is 9. The Hall–Kier alpha value is -4.40. The lowest BCUT2D eigenvalue weighted by atomic mass is 10.1. The molecule has 0 aromatic heterocycles. The Labute approximate surface area is 364 Å². The zero-order valence-electron chi connectivity index (χ0n) is 36.6. The normalized spacial score (nSPS) is 20.9. The summed E-state index contributed by atoms with van der Waals surface area (Å²) in [5.74, 6) is 8.03. The zero-order chi connectivity index (χ0) is 41.3. The van der Waals surface area contributed by atoms with Crippen molar-refractivity contribution in [1.82, 2.24) is 0 Å². The fourth-order valence-electron chi connectivity index (χ4n) is 9.21. The highest BCUT2D eigenvalue weighted by Gasteiger charge is 2.28. The monoisotopic (exact) mass is 839 g/mol. The molecular weight excluding hydrogens is 769 g/mol.